The van der Waals surface area contributed by atoms with Gasteiger partial charge in [0, 0.05) is 19.1 Å². The van der Waals surface area contributed by atoms with Gasteiger partial charge in [-0.2, -0.15) is 15.0 Å². The molecule has 5 heteroatoms. The average Bonchev–Trinajstić information content (AvgIpc) is 3.18. The first-order chi connectivity index (χ1) is 9.90. The van der Waals surface area contributed by atoms with Crippen molar-refractivity contribution in [2.45, 2.75) is 25.5 Å². The molecule has 106 valence electrons. The number of nitrogens with zero attached hydrogens (tertiary/aromatic N) is 4. The Bertz CT molecular complexity index is 557. The fourth-order valence-corrected chi connectivity index (χ4v) is 3.34. The van der Waals surface area contributed by atoms with Crippen LogP contribution in [0, 0.1) is 5.92 Å². The molecule has 1 aromatic heterocycles. The molecular formula is C15H20N4O. The van der Waals surface area contributed by atoms with Crippen molar-refractivity contribution in [3.63, 3.8) is 0 Å². The van der Waals surface area contributed by atoms with Gasteiger partial charge in [-0.05, 0) is 44.5 Å². The Morgan fingerprint density at radius 1 is 1.10 bits per heavy atom. The molecule has 5 nitrogen and oxygen atoms in total. The number of hydrogen-bond donors (Lipinski definition) is 0. The van der Waals surface area contributed by atoms with Crippen LogP contribution in [0.4, 0.5) is 0 Å². The van der Waals surface area contributed by atoms with Gasteiger partial charge in [-0.25, -0.2) is 0 Å². The van der Waals surface area contributed by atoms with E-state index in [4.69, 9.17) is 4.74 Å². The number of fused-ring (bicyclic) bond motifs is 1. The minimum absolute atomic E-state index is 0.00278. The van der Waals surface area contributed by atoms with E-state index in [-0.39, 0.29) is 6.23 Å². The van der Waals surface area contributed by atoms with E-state index in [0.717, 1.165) is 30.6 Å². The lowest BCUT2D eigenvalue weighted by Gasteiger charge is -2.23. The lowest BCUT2D eigenvalue weighted by atomic mass is 10.1. The van der Waals surface area contributed by atoms with Crippen LogP contribution in [0.5, 0.6) is 0 Å². The molecule has 0 saturated carbocycles. The van der Waals surface area contributed by atoms with E-state index in [2.05, 4.69) is 15.1 Å². The van der Waals surface area contributed by atoms with E-state index in [0.29, 0.717) is 5.92 Å². The van der Waals surface area contributed by atoms with E-state index >= 15 is 0 Å². The molecule has 4 rings (SSSR count). The lowest BCUT2D eigenvalue weighted by Crippen LogP contribution is -2.30. The first-order valence-electron chi connectivity index (χ1n) is 7.56. The van der Waals surface area contributed by atoms with Gasteiger partial charge in [-0.1, -0.05) is 12.1 Å². The standard InChI is InChI=1S/C15H20N4O/c1-2-6-14-13(5-1)16-19(17-14)15-12(7-10-20-15)11-18-8-3-4-9-18/h1-2,5-6,12,15H,3-4,7-11H2. The van der Waals surface area contributed by atoms with Crippen molar-refractivity contribution in [1.29, 1.82) is 0 Å². The summed E-state index contributed by atoms with van der Waals surface area (Å²) in [5.74, 6) is 0.509. The minimum atomic E-state index is 0.00278. The van der Waals surface area contributed by atoms with Crippen molar-refractivity contribution in [2.75, 3.05) is 26.2 Å². The van der Waals surface area contributed by atoms with Crippen molar-refractivity contribution >= 4 is 11.0 Å². The summed E-state index contributed by atoms with van der Waals surface area (Å²) in [6.07, 6.45) is 3.78. The molecule has 0 amide bonds. The summed E-state index contributed by atoms with van der Waals surface area (Å²) in [6.45, 7) is 4.40. The van der Waals surface area contributed by atoms with Crippen molar-refractivity contribution < 1.29 is 4.74 Å². The highest BCUT2D eigenvalue weighted by molar-refractivity contribution is 5.72. The minimum Gasteiger partial charge on any atom is -0.354 e. The van der Waals surface area contributed by atoms with Crippen LogP contribution < -0.4 is 0 Å². The molecule has 1 aromatic carbocycles. The van der Waals surface area contributed by atoms with Crippen molar-refractivity contribution in [3.8, 4) is 0 Å². The third-order valence-electron chi connectivity index (χ3n) is 4.40. The number of hydrogen-bond acceptors (Lipinski definition) is 4. The van der Waals surface area contributed by atoms with Crippen molar-refractivity contribution in [2.24, 2.45) is 5.92 Å². The maximum absolute atomic E-state index is 5.90. The molecule has 0 N–H and O–H groups in total. The molecule has 2 fully saturated rings. The van der Waals surface area contributed by atoms with Crippen molar-refractivity contribution in [1.82, 2.24) is 19.9 Å². The maximum atomic E-state index is 5.90. The first kappa shape index (κ1) is 12.3. The highest BCUT2D eigenvalue weighted by Crippen LogP contribution is 2.31. The molecule has 2 unspecified atom stereocenters. The topological polar surface area (TPSA) is 43.2 Å². The highest BCUT2D eigenvalue weighted by Gasteiger charge is 2.33. The number of likely N-dealkylation sites (tertiary alicyclic amines) is 1. The molecule has 2 aliphatic rings. The van der Waals surface area contributed by atoms with E-state index < -0.39 is 0 Å². The normalized spacial score (nSPS) is 27.6. The smallest absolute Gasteiger partial charge is 0.173 e. The summed E-state index contributed by atoms with van der Waals surface area (Å²) < 4.78 is 5.90. The van der Waals surface area contributed by atoms with Gasteiger partial charge in [0.1, 0.15) is 11.0 Å². The summed E-state index contributed by atoms with van der Waals surface area (Å²) in [4.78, 5) is 4.34. The zero-order valence-electron chi connectivity index (χ0n) is 11.6. The lowest BCUT2D eigenvalue weighted by molar-refractivity contribution is 0.00548. The van der Waals surface area contributed by atoms with E-state index in [1.54, 1.807) is 4.80 Å². The molecule has 20 heavy (non-hydrogen) atoms. The third kappa shape index (κ3) is 2.21. The van der Waals surface area contributed by atoms with Gasteiger partial charge in [0.25, 0.3) is 0 Å². The molecule has 3 heterocycles. The van der Waals surface area contributed by atoms with Gasteiger partial charge in [0.05, 0.1) is 0 Å². The van der Waals surface area contributed by atoms with Crippen LogP contribution in [0.2, 0.25) is 0 Å². The summed E-state index contributed by atoms with van der Waals surface area (Å²) in [5, 5.41) is 9.16. The van der Waals surface area contributed by atoms with Gasteiger partial charge in [0.2, 0.25) is 0 Å². The van der Waals surface area contributed by atoms with E-state index in [9.17, 15) is 0 Å². The molecule has 2 aliphatic heterocycles. The Kier molecular flexibility index (Phi) is 3.16. The Labute approximate surface area is 118 Å². The fraction of sp³-hybridized carbons (Fsp3) is 0.600. The zero-order chi connectivity index (χ0) is 13.4. The third-order valence-corrected chi connectivity index (χ3v) is 4.40. The second-order valence-electron chi connectivity index (χ2n) is 5.83. The van der Waals surface area contributed by atoms with E-state index in [1.807, 2.05) is 24.3 Å². The molecular weight excluding hydrogens is 252 g/mol. The molecule has 0 spiro atoms. The monoisotopic (exact) mass is 272 g/mol. The van der Waals surface area contributed by atoms with E-state index in [1.165, 1.54) is 25.9 Å². The fourth-order valence-electron chi connectivity index (χ4n) is 3.34. The summed E-state index contributed by atoms with van der Waals surface area (Å²) in [6, 6.07) is 8.00. The summed E-state index contributed by atoms with van der Waals surface area (Å²) in [5.41, 5.74) is 1.89. The summed E-state index contributed by atoms with van der Waals surface area (Å²) >= 11 is 0. The second kappa shape index (κ2) is 5.14. The van der Waals surface area contributed by atoms with Crippen LogP contribution in [0.1, 0.15) is 25.5 Å². The predicted molar refractivity (Wildman–Crippen MR) is 76.3 cm³/mol. The van der Waals surface area contributed by atoms with Crippen LogP contribution in [0.3, 0.4) is 0 Å². The van der Waals surface area contributed by atoms with Crippen molar-refractivity contribution in [3.05, 3.63) is 24.3 Å². The van der Waals surface area contributed by atoms with Gasteiger partial charge in [-0.15, -0.1) is 0 Å². The number of benzene rings is 1. The summed E-state index contributed by atoms with van der Waals surface area (Å²) in [7, 11) is 0. The Hall–Kier alpha value is -1.46. The van der Waals surface area contributed by atoms with Gasteiger partial charge in [0.15, 0.2) is 6.23 Å². The SMILES string of the molecule is c1ccc2nn(C3OCCC3CN3CCCC3)nc2c1. The largest absolute Gasteiger partial charge is 0.354 e. The van der Waals surface area contributed by atoms with Gasteiger partial charge in [-0.3, -0.25) is 0 Å². The maximum Gasteiger partial charge on any atom is 0.173 e. The first-order valence-corrected chi connectivity index (χ1v) is 7.56. The highest BCUT2D eigenvalue weighted by atomic mass is 16.5. The number of rotatable bonds is 3. The van der Waals surface area contributed by atoms with Gasteiger partial charge >= 0.3 is 0 Å². The van der Waals surface area contributed by atoms with Crippen LogP contribution >= 0.6 is 0 Å². The quantitative estimate of drug-likeness (QED) is 0.858. The number of ether oxygens (including phenoxy) is 1. The van der Waals surface area contributed by atoms with Crippen LogP contribution in [0.25, 0.3) is 11.0 Å². The predicted octanol–water partition coefficient (Wildman–Crippen LogP) is 2.06. The van der Waals surface area contributed by atoms with Crippen LogP contribution in [0.15, 0.2) is 24.3 Å². The molecule has 2 atom stereocenters. The molecule has 2 saturated heterocycles. The zero-order valence-corrected chi connectivity index (χ0v) is 11.6. The Morgan fingerprint density at radius 2 is 1.80 bits per heavy atom. The molecule has 2 aromatic rings. The molecule has 0 aliphatic carbocycles. The average molecular weight is 272 g/mol. The number of aromatic nitrogens is 3. The Morgan fingerprint density at radius 3 is 2.50 bits per heavy atom. The van der Waals surface area contributed by atoms with Gasteiger partial charge < -0.3 is 9.64 Å². The van der Waals surface area contributed by atoms with Crippen LogP contribution in [-0.2, 0) is 4.74 Å². The molecule has 0 radical (unpaired) electrons. The second-order valence-corrected chi connectivity index (χ2v) is 5.83. The van der Waals surface area contributed by atoms with Crippen LogP contribution in [-0.4, -0.2) is 46.1 Å². The molecule has 0 bridgehead atoms. The Balaban J connectivity index is 1.56.